The first-order valence-corrected chi connectivity index (χ1v) is 6.01. The molecule has 0 radical (unpaired) electrons. The molecule has 0 spiro atoms. The minimum Gasteiger partial charge on any atom is -0.395 e. The van der Waals surface area contributed by atoms with E-state index in [1.54, 1.807) is 0 Å². The summed E-state index contributed by atoms with van der Waals surface area (Å²) in [6.07, 6.45) is 2.07. The molecule has 4 nitrogen and oxygen atoms in total. The Bertz CT molecular complexity index is 492. The molecule has 0 bridgehead atoms. The highest BCUT2D eigenvalue weighted by atomic mass is 16.3. The SMILES string of the molecule is CCN(CCO)Cc1cn2c(C)cccc2n1. The van der Waals surface area contributed by atoms with Gasteiger partial charge in [0.05, 0.1) is 12.3 Å². The zero-order valence-corrected chi connectivity index (χ0v) is 10.4. The number of pyridine rings is 1. The van der Waals surface area contributed by atoms with Crippen molar-refractivity contribution in [2.75, 3.05) is 19.7 Å². The van der Waals surface area contributed by atoms with Gasteiger partial charge in [0, 0.05) is 25.0 Å². The van der Waals surface area contributed by atoms with Crippen LogP contribution < -0.4 is 0 Å². The Morgan fingerprint density at radius 3 is 2.88 bits per heavy atom. The first kappa shape index (κ1) is 12.1. The molecular formula is C13H19N3O. The third-order valence-corrected chi connectivity index (χ3v) is 2.99. The van der Waals surface area contributed by atoms with E-state index in [1.165, 1.54) is 5.69 Å². The van der Waals surface area contributed by atoms with Gasteiger partial charge in [0.2, 0.25) is 0 Å². The van der Waals surface area contributed by atoms with Crippen LogP contribution in [0.3, 0.4) is 0 Å². The van der Waals surface area contributed by atoms with Crippen LogP contribution in [0.1, 0.15) is 18.3 Å². The number of aromatic nitrogens is 2. The summed E-state index contributed by atoms with van der Waals surface area (Å²) in [5.41, 5.74) is 3.22. The summed E-state index contributed by atoms with van der Waals surface area (Å²) in [7, 11) is 0. The molecule has 4 heteroatoms. The lowest BCUT2D eigenvalue weighted by Gasteiger charge is -2.17. The van der Waals surface area contributed by atoms with Crippen molar-refractivity contribution in [3.8, 4) is 0 Å². The van der Waals surface area contributed by atoms with Gasteiger partial charge in [-0.25, -0.2) is 4.98 Å². The normalized spacial score (nSPS) is 11.5. The van der Waals surface area contributed by atoms with Crippen LogP contribution in [-0.2, 0) is 6.54 Å². The van der Waals surface area contributed by atoms with E-state index in [2.05, 4.69) is 40.4 Å². The molecule has 0 fully saturated rings. The highest BCUT2D eigenvalue weighted by Gasteiger charge is 2.07. The van der Waals surface area contributed by atoms with E-state index >= 15 is 0 Å². The number of hydrogen-bond donors (Lipinski definition) is 1. The van der Waals surface area contributed by atoms with Gasteiger partial charge in [-0.15, -0.1) is 0 Å². The molecule has 0 atom stereocenters. The Labute approximate surface area is 102 Å². The number of aliphatic hydroxyl groups excluding tert-OH is 1. The number of imidazole rings is 1. The van der Waals surface area contributed by atoms with Gasteiger partial charge in [0.15, 0.2) is 0 Å². The van der Waals surface area contributed by atoms with E-state index in [9.17, 15) is 0 Å². The van der Waals surface area contributed by atoms with Crippen LogP contribution in [0.4, 0.5) is 0 Å². The average molecular weight is 233 g/mol. The van der Waals surface area contributed by atoms with Gasteiger partial charge in [0.1, 0.15) is 5.65 Å². The summed E-state index contributed by atoms with van der Waals surface area (Å²) in [6.45, 7) is 6.77. The topological polar surface area (TPSA) is 40.8 Å². The van der Waals surface area contributed by atoms with Crippen LogP contribution in [0, 0.1) is 6.92 Å². The molecule has 92 valence electrons. The number of aliphatic hydroxyl groups is 1. The van der Waals surface area contributed by atoms with Crippen LogP contribution in [-0.4, -0.2) is 39.1 Å². The number of aryl methyl sites for hydroxylation is 1. The summed E-state index contributed by atoms with van der Waals surface area (Å²) in [6, 6.07) is 6.11. The van der Waals surface area contributed by atoms with Gasteiger partial charge >= 0.3 is 0 Å². The molecule has 0 aliphatic heterocycles. The predicted molar refractivity (Wildman–Crippen MR) is 68.0 cm³/mol. The minimum absolute atomic E-state index is 0.195. The number of rotatable bonds is 5. The van der Waals surface area contributed by atoms with Gasteiger partial charge in [-0.2, -0.15) is 0 Å². The lowest BCUT2D eigenvalue weighted by atomic mass is 10.4. The highest BCUT2D eigenvalue weighted by Crippen LogP contribution is 2.10. The van der Waals surface area contributed by atoms with Crippen molar-refractivity contribution >= 4 is 5.65 Å². The van der Waals surface area contributed by atoms with E-state index in [-0.39, 0.29) is 6.61 Å². The molecule has 2 aromatic rings. The lowest BCUT2D eigenvalue weighted by Crippen LogP contribution is -2.26. The Hall–Kier alpha value is -1.39. The van der Waals surface area contributed by atoms with Crippen LogP contribution in [0.5, 0.6) is 0 Å². The predicted octanol–water partition coefficient (Wildman–Crippen LogP) is 1.46. The number of likely N-dealkylation sites (N-methyl/N-ethyl adjacent to an activating group) is 1. The maximum absolute atomic E-state index is 8.96. The maximum atomic E-state index is 8.96. The van der Waals surface area contributed by atoms with Crippen molar-refractivity contribution in [3.05, 3.63) is 35.8 Å². The fraction of sp³-hybridized carbons (Fsp3) is 0.462. The summed E-state index contributed by atoms with van der Waals surface area (Å²) >= 11 is 0. The first-order valence-electron chi connectivity index (χ1n) is 6.01. The molecule has 0 saturated heterocycles. The molecule has 2 rings (SSSR count). The smallest absolute Gasteiger partial charge is 0.137 e. The van der Waals surface area contributed by atoms with Crippen molar-refractivity contribution in [1.29, 1.82) is 0 Å². The Balaban J connectivity index is 2.21. The summed E-state index contributed by atoms with van der Waals surface area (Å²) < 4.78 is 2.10. The maximum Gasteiger partial charge on any atom is 0.137 e. The third-order valence-electron chi connectivity index (χ3n) is 2.99. The summed E-state index contributed by atoms with van der Waals surface area (Å²) in [5, 5.41) is 8.96. The molecular weight excluding hydrogens is 214 g/mol. The van der Waals surface area contributed by atoms with Crippen molar-refractivity contribution in [2.45, 2.75) is 20.4 Å². The van der Waals surface area contributed by atoms with Crippen molar-refractivity contribution in [1.82, 2.24) is 14.3 Å². The number of hydrogen-bond acceptors (Lipinski definition) is 3. The quantitative estimate of drug-likeness (QED) is 0.850. The van der Waals surface area contributed by atoms with Crippen LogP contribution >= 0.6 is 0 Å². The molecule has 2 aromatic heterocycles. The minimum atomic E-state index is 0.195. The zero-order valence-electron chi connectivity index (χ0n) is 10.4. The highest BCUT2D eigenvalue weighted by molar-refractivity contribution is 5.41. The molecule has 0 saturated carbocycles. The zero-order chi connectivity index (χ0) is 12.3. The summed E-state index contributed by atoms with van der Waals surface area (Å²) in [4.78, 5) is 6.76. The molecule has 1 N–H and O–H groups in total. The second-order valence-corrected chi connectivity index (χ2v) is 4.22. The van der Waals surface area contributed by atoms with Gasteiger partial charge in [-0.1, -0.05) is 13.0 Å². The van der Waals surface area contributed by atoms with E-state index in [0.717, 1.165) is 24.4 Å². The average Bonchev–Trinajstić information content (AvgIpc) is 2.72. The molecule has 17 heavy (non-hydrogen) atoms. The number of fused-ring (bicyclic) bond motifs is 1. The first-order chi connectivity index (χ1) is 8.24. The second-order valence-electron chi connectivity index (χ2n) is 4.22. The van der Waals surface area contributed by atoms with Crippen LogP contribution in [0.15, 0.2) is 24.4 Å². The van der Waals surface area contributed by atoms with Gasteiger partial charge in [0.25, 0.3) is 0 Å². The molecule has 0 aromatic carbocycles. The standard InChI is InChI=1S/C13H19N3O/c1-3-15(7-8-17)9-12-10-16-11(2)5-4-6-13(16)14-12/h4-6,10,17H,3,7-9H2,1-2H3. The molecule has 0 aliphatic rings. The Morgan fingerprint density at radius 2 is 2.24 bits per heavy atom. The fourth-order valence-electron chi connectivity index (χ4n) is 1.99. The van der Waals surface area contributed by atoms with Crippen molar-refractivity contribution in [2.24, 2.45) is 0 Å². The van der Waals surface area contributed by atoms with Gasteiger partial charge in [-0.05, 0) is 25.6 Å². The Morgan fingerprint density at radius 1 is 1.41 bits per heavy atom. The Kier molecular flexibility index (Phi) is 3.76. The van der Waals surface area contributed by atoms with E-state index in [0.29, 0.717) is 6.54 Å². The summed E-state index contributed by atoms with van der Waals surface area (Å²) in [5.74, 6) is 0. The van der Waals surface area contributed by atoms with E-state index in [4.69, 9.17) is 5.11 Å². The van der Waals surface area contributed by atoms with E-state index < -0.39 is 0 Å². The van der Waals surface area contributed by atoms with Crippen molar-refractivity contribution < 1.29 is 5.11 Å². The number of nitrogens with zero attached hydrogens (tertiary/aromatic N) is 3. The van der Waals surface area contributed by atoms with Crippen LogP contribution in [0.2, 0.25) is 0 Å². The van der Waals surface area contributed by atoms with Gasteiger partial charge in [-0.3, -0.25) is 4.90 Å². The fourth-order valence-corrected chi connectivity index (χ4v) is 1.99. The van der Waals surface area contributed by atoms with Crippen molar-refractivity contribution in [3.63, 3.8) is 0 Å². The van der Waals surface area contributed by atoms with E-state index in [1.807, 2.05) is 12.1 Å². The molecule has 2 heterocycles. The third kappa shape index (κ3) is 2.65. The largest absolute Gasteiger partial charge is 0.395 e. The lowest BCUT2D eigenvalue weighted by molar-refractivity contribution is 0.195. The molecule has 0 aliphatic carbocycles. The molecule has 0 amide bonds. The second kappa shape index (κ2) is 5.29. The van der Waals surface area contributed by atoms with Gasteiger partial charge < -0.3 is 9.51 Å². The molecule has 0 unspecified atom stereocenters. The monoisotopic (exact) mass is 233 g/mol. The van der Waals surface area contributed by atoms with Crippen LogP contribution in [0.25, 0.3) is 5.65 Å².